The van der Waals surface area contributed by atoms with Crippen LogP contribution < -0.4 is 10.5 Å². The summed E-state index contributed by atoms with van der Waals surface area (Å²) in [7, 11) is 2.08. The van der Waals surface area contributed by atoms with Crippen LogP contribution in [0.2, 0.25) is 0 Å². The van der Waals surface area contributed by atoms with Crippen LogP contribution in [0.25, 0.3) is 0 Å². The van der Waals surface area contributed by atoms with Gasteiger partial charge in [0.25, 0.3) is 0 Å². The molecular weight excluding hydrogens is 302 g/mol. The SMILES string of the molecule is Cc1ncsc1CN(C)CCOc1cccc(C(N)=S)c1. The third kappa shape index (κ3) is 4.77. The summed E-state index contributed by atoms with van der Waals surface area (Å²) in [4.78, 5) is 8.17. The van der Waals surface area contributed by atoms with Gasteiger partial charge < -0.3 is 10.5 Å². The maximum Gasteiger partial charge on any atom is 0.120 e. The molecule has 2 N–H and O–H groups in total. The number of nitrogens with zero attached hydrogens (tertiary/aromatic N) is 2. The lowest BCUT2D eigenvalue weighted by Crippen LogP contribution is -2.23. The zero-order valence-electron chi connectivity index (χ0n) is 12.2. The van der Waals surface area contributed by atoms with Crippen LogP contribution in [0, 0.1) is 6.92 Å². The molecule has 0 bridgehead atoms. The second-order valence-electron chi connectivity index (χ2n) is 4.84. The van der Waals surface area contributed by atoms with E-state index < -0.39 is 0 Å². The fourth-order valence-electron chi connectivity index (χ4n) is 1.86. The van der Waals surface area contributed by atoms with E-state index in [1.54, 1.807) is 11.3 Å². The number of hydrogen-bond acceptors (Lipinski definition) is 5. The Balaban J connectivity index is 1.80. The lowest BCUT2D eigenvalue weighted by Gasteiger charge is -2.16. The Bertz CT molecular complexity index is 612. The zero-order valence-corrected chi connectivity index (χ0v) is 13.8. The van der Waals surface area contributed by atoms with Crippen molar-refractivity contribution in [3.63, 3.8) is 0 Å². The molecule has 1 aromatic heterocycles. The van der Waals surface area contributed by atoms with Gasteiger partial charge in [0, 0.05) is 23.5 Å². The maximum absolute atomic E-state index is 5.75. The van der Waals surface area contributed by atoms with Crippen LogP contribution in [0.1, 0.15) is 16.1 Å². The topological polar surface area (TPSA) is 51.4 Å². The van der Waals surface area contributed by atoms with Crippen LogP contribution in [-0.2, 0) is 6.54 Å². The monoisotopic (exact) mass is 321 g/mol. The van der Waals surface area contributed by atoms with Gasteiger partial charge in [-0.25, -0.2) is 4.98 Å². The van der Waals surface area contributed by atoms with Crippen molar-refractivity contribution in [3.8, 4) is 5.75 Å². The number of hydrogen-bond donors (Lipinski definition) is 1. The van der Waals surface area contributed by atoms with E-state index in [2.05, 4.69) is 16.9 Å². The fraction of sp³-hybridized carbons (Fsp3) is 0.333. The standard InChI is InChI=1S/C15H19N3OS2/c1-11-14(21-10-17-11)9-18(2)6-7-19-13-5-3-4-12(8-13)15(16)20/h3-5,8,10H,6-7,9H2,1-2H3,(H2,16,20). The molecule has 0 fully saturated rings. The highest BCUT2D eigenvalue weighted by Gasteiger charge is 2.06. The summed E-state index contributed by atoms with van der Waals surface area (Å²) in [6, 6.07) is 7.56. The Kier molecular flexibility index (Phi) is 5.67. The average Bonchev–Trinajstić information content (AvgIpc) is 2.84. The number of aryl methyl sites for hydroxylation is 1. The van der Waals surface area contributed by atoms with Gasteiger partial charge in [0.15, 0.2) is 0 Å². The van der Waals surface area contributed by atoms with Crippen molar-refractivity contribution >= 4 is 28.5 Å². The number of ether oxygens (including phenoxy) is 1. The third-order valence-corrected chi connectivity index (χ3v) is 4.27. The van der Waals surface area contributed by atoms with E-state index in [9.17, 15) is 0 Å². The molecule has 0 spiro atoms. The molecule has 0 atom stereocenters. The van der Waals surface area contributed by atoms with Gasteiger partial charge in [0.05, 0.1) is 11.2 Å². The van der Waals surface area contributed by atoms with Gasteiger partial charge in [-0.05, 0) is 26.1 Å². The molecule has 6 heteroatoms. The van der Waals surface area contributed by atoms with Gasteiger partial charge in [-0.1, -0.05) is 24.4 Å². The van der Waals surface area contributed by atoms with Gasteiger partial charge in [0.2, 0.25) is 0 Å². The second kappa shape index (κ2) is 7.49. The van der Waals surface area contributed by atoms with E-state index in [0.29, 0.717) is 11.6 Å². The molecule has 1 heterocycles. The largest absolute Gasteiger partial charge is 0.492 e. The Morgan fingerprint density at radius 1 is 1.48 bits per heavy atom. The first-order valence-corrected chi connectivity index (χ1v) is 7.95. The molecule has 0 unspecified atom stereocenters. The second-order valence-corrected chi connectivity index (χ2v) is 6.22. The van der Waals surface area contributed by atoms with E-state index in [-0.39, 0.29) is 0 Å². The third-order valence-electron chi connectivity index (χ3n) is 3.12. The molecule has 4 nitrogen and oxygen atoms in total. The Morgan fingerprint density at radius 2 is 2.29 bits per heavy atom. The first-order valence-electron chi connectivity index (χ1n) is 6.66. The van der Waals surface area contributed by atoms with E-state index in [1.165, 1.54) is 4.88 Å². The van der Waals surface area contributed by atoms with Gasteiger partial charge in [-0.2, -0.15) is 0 Å². The zero-order chi connectivity index (χ0) is 15.2. The molecule has 0 amide bonds. The van der Waals surface area contributed by atoms with Crippen molar-refractivity contribution in [3.05, 3.63) is 45.9 Å². The first-order chi connectivity index (χ1) is 10.1. The van der Waals surface area contributed by atoms with Gasteiger partial charge in [-0.15, -0.1) is 11.3 Å². The van der Waals surface area contributed by atoms with Crippen molar-refractivity contribution in [2.24, 2.45) is 5.73 Å². The molecule has 2 aromatic rings. The van der Waals surface area contributed by atoms with Crippen LogP contribution in [0.5, 0.6) is 5.75 Å². The Morgan fingerprint density at radius 3 is 2.95 bits per heavy atom. The first kappa shape index (κ1) is 15.9. The molecule has 0 aliphatic rings. The number of thiocarbonyl (C=S) groups is 1. The normalized spacial score (nSPS) is 10.8. The van der Waals surface area contributed by atoms with Crippen LogP contribution in [-0.4, -0.2) is 35.1 Å². The molecular formula is C15H19N3OS2. The van der Waals surface area contributed by atoms with Crippen molar-refractivity contribution in [2.45, 2.75) is 13.5 Å². The number of thiazole rings is 1. The van der Waals surface area contributed by atoms with Crippen molar-refractivity contribution in [2.75, 3.05) is 20.2 Å². The molecule has 0 saturated heterocycles. The minimum atomic E-state index is 0.387. The summed E-state index contributed by atoms with van der Waals surface area (Å²) >= 11 is 6.65. The average molecular weight is 321 g/mol. The minimum Gasteiger partial charge on any atom is -0.492 e. The van der Waals surface area contributed by atoms with Crippen LogP contribution in [0.4, 0.5) is 0 Å². The summed E-state index contributed by atoms with van der Waals surface area (Å²) in [5, 5.41) is 0. The Labute approximate surface area is 134 Å². The highest BCUT2D eigenvalue weighted by atomic mass is 32.1. The van der Waals surface area contributed by atoms with Gasteiger partial charge in [-0.3, -0.25) is 4.90 Å². The molecule has 0 radical (unpaired) electrons. The van der Waals surface area contributed by atoms with Gasteiger partial charge >= 0.3 is 0 Å². The smallest absolute Gasteiger partial charge is 0.120 e. The van der Waals surface area contributed by atoms with E-state index in [1.807, 2.05) is 36.7 Å². The van der Waals surface area contributed by atoms with Crippen LogP contribution in [0.15, 0.2) is 29.8 Å². The van der Waals surface area contributed by atoms with Crippen LogP contribution in [0.3, 0.4) is 0 Å². The van der Waals surface area contributed by atoms with E-state index in [0.717, 1.165) is 30.1 Å². The molecule has 0 saturated carbocycles. The molecule has 1 aromatic carbocycles. The van der Waals surface area contributed by atoms with E-state index >= 15 is 0 Å². The number of aromatic nitrogens is 1. The maximum atomic E-state index is 5.75. The number of nitrogens with two attached hydrogens (primary N) is 1. The summed E-state index contributed by atoms with van der Waals surface area (Å²) in [5.74, 6) is 0.794. The number of likely N-dealkylation sites (N-methyl/N-ethyl adjacent to an activating group) is 1. The van der Waals surface area contributed by atoms with Crippen molar-refractivity contribution in [1.82, 2.24) is 9.88 Å². The molecule has 112 valence electrons. The Hall–Kier alpha value is -1.50. The molecule has 0 aliphatic heterocycles. The quantitative estimate of drug-likeness (QED) is 0.795. The fourth-order valence-corrected chi connectivity index (χ4v) is 2.84. The predicted molar refractivity (Wildman–Crippen MR) is 91.0 cm³/mol. The van der Waals surface area contributed by atoms with Crippen molar-refractivity contribution < 1.29 is 4.74 Å². The van der Waals surface area contributed by atoms with Crippen molar-refractivity contribution in [1.29, 1.82) is 0 Å². The highest BCUT2D eigenvalue weighted by Crippen LogP contribution is 2.15. The van der Waals surface area contributed by atoms with Gasteiger partial charge in [0.1, 0.15) is 17.3 Å². The lowest BCUT2D eigenvalue weighted by molar-refractivity contribution is 0.233. The predicted octanol–water partition coefficient (Wildman–Crippen LogP) is 2.60. The summed E-state index contributed by atoms with van der Waals surface area (Å²) in [6.45, 7) is 4.40. The van der Waals surface area contributed by atoms with Crippen LogP contribution >= 0.6 is 23.6 Å². The highest BCUT2D eigenvalue weighted by molar-refractivity contribution is 7.80. The number of rotatable bonds is 7. The lowest BCUT2D eigenvalue weighted by atomic mass is 10.2. The minimum absolute atomic E-state index is 0.387. The summed E-state index contributed by atoms with van der Waals surface area (Å²) in [6.07, 6.45) is 0. The summed E-state index contributed by atoms with van der Waals surface area (Å²) in [5.41, 5.74) is 9.44. The van der Waals surface area contributed by atoms with E-state index in [4.69, 9.17) is 22.7 Å². The molecule has 2 rings (SSSR count). The summed E-state index contributed by atoms with van der Waals surface area (Å²) < 4.78 is 5.75. The molecule has 0 aliphatic carbocycles. The number of benzene rings is 1. The molecule has 21 heavy (non-hydrogen) atoms.